The number of benzene rings is 3. The van der Waals surface area contributed by atoms with Crippen LogP contribution in [0.15, 0.2) is 104 Å². The standard InChI is InChI=1S/C52H54F2N12O6/c1-29(2)66-28-60-44-47(57-24-33-10-12-35(13-11-33)41-9-7-8-18-56-41)63-51(64-48(44)66)61-31(4)26-72-52(69)71-25-30(3)50(68)65(6)19-20-70-45-43(58-27-59-46(45)55)39-22-37(53)23-42(32(39)5)62-49(67)38-17-16-36(21-40(38)54)34-14-15-34/h7-13,16-18,21-23,27-29,31,34H,3,14-15,19-20,24-26H2,1-2,4-6H3,(H,62,67)(H2,55,58,59)(H2,57,61,63,64). The van der Waals surface area contributed by atoms with Crippen LogP contribution in [0.2, 0.25) is 0 Å². The van der Waals surface area contributed by atoms with Gasteiger partial charge in [0.05, 0.1) is 30.2 Å². The molecule has 1 aliphatic carbocycles. The third kappa shape index (κ3) is 11.9. The van der Waals surface area contributed by atoms with Crippen molar-refractivity contribution >= 4 is 52.4 Å². The van der Waals surface area contributed by atoms with Crippen molar-refractivity contribution in [2.75, 3.05) is 55.1 Å². The van der Waals surface area contributed by atoms with E-state index in [1.165, 1.54) is 36.5 Å². The number of likely N-dealkylation sites (N-methyl/N-ethyl adjacent to an activating group) is 1. The minimum Gasteiger partial charge on any atom is -0.486 e. The van der Waals surface area contributed by atoms with Crippen LogP contribution in [0, 0.1) is 18.6 Å². The maximum Gasteiger partial charge on any atom is 0.508 e. The Morgan fingerprint density at radius 2 is 1.75 bits per heavy atom. The van der Waals surface area contributed by atoms with E-state index in [9.17, 15) is 18.8 Å². The largest absolute Gasteiger partial charge is 0.508 e. The zero-order chi connectivity index (χ0) is 51.1. The Bertz CT molecular complexity index is 3130. The molecule has 4 heterocycles. The number of imidazole rings is 1. The lowest BCUT2D eigenvalue weighted by Crippen LogP contribution is -2.33. The number of halogens is 2. The molecule has 1 atom stereocenters. The summed E-state index contributed by atoms with van der Waals surface area (Å²) >= 11 is 0. The van der Waals surface area contributed by atoms with Gasteiger partial charge in [0.2, 0.25) is 5.95 Å². The van der Waals surface area contributed by atoms with Crippen LogP contribution in [-0.4, -0.2) is 96.8 Å². The van der Waals surface area contributed by atoms with E-state index in [-0.39, 0.29) is 71.4 Å². The maximum absolute atomic E-state index is 15.1. The van der Waals surface area contributed by atoms with Crippen molar-refractivity contribution in [3.8, 4) is 28.3 Å². The Hall–Kier alpha value is -8.55. The average Bonchev–Trinajstić information content (AvgIpc) is 4.14. The number of amides is 2. The van der Waals surface area contributed by atoms with Crippen molar-refractivity contribution < 1.29 is 37.4 Å². The minimum atomic E-state index is -1.02. The molecule has 1 unspecified atom stereocenters. The SMILES string of the molecule is C=C(COC(=O)OCC(C)Nc1nc(NCc2ccc(-c3ccccn3)cc2)c2ncn(C(C)C)c2n1)C(=O)N(C)CCOc1c(N)ncnc1-c1cc(F)cc(NC(=O)c2ccc(C3CC3)cc2F)c1C. The molecule has 0 bridgehead atoms. The Labute approximate surface area is 414 Å². The van der Waals surface area contributed by atoms with E-state index in [1.54, 1.807) is 32.4 Å². The molecule has 20 heteroatoms. The number of carbonyl (C=O) groups excluding carboxylic acids is 3. The first-order chi connectivity index (χ1) is 34.6. The molecule has 1 saturated carbocycles. The van der Waals surface area contributed by atoms with Crippen LogP contribution in [0.1, 0.15) is 72.6 Å². The van der Waals surface area contributed by atoms with E-state index in [0.29, 0.717) is 35.0 Å². The summed E-state index contributed by atoms with van der Waals surface area (Å²) < 4.78 is 48.6. The molecule has 372 valence electrons. The number of nitrogens with one attached hydrogen (secondary N) is 3. The first-order valence-electron chi connectivity index (χ1n) is 23.3. The Morgan fingerprint density at radius 3 is 2.47 bits per heavy atom. The molecular formula is C52H54F2N12O6. The van der Waals surface area contributed by atoms with Crippen molar-refractivity contribution in [1.29, 1.82) is 0 Å². The predicted molar refractivity (Wildman–Crippen MR) is 268 cm³/mol. The summed E-state index contributed by atoms with van der Waals surface area (Å²) in [4.78, 5) is 67.1. The van der Waals surface area contributed by atoms with E-state index in [4.69, 9.17) is 29.9 Å². The van der Waals surface area contributed by atoms with E-state index >= 15 is 4.39 Å². The van der Waals surface area contributed by atoms with Crippen molar-refractivity contribution in [1.82, 2.24) is 39.4 Å². The second-order valence-electron chi connectivity index (χ2n) is 17.7. The van der Waals surface area contributed by atoms with Gasteiger partial charge in [-0.15, -0.1) is 0 Å². The Morgan fingerprint density at radius 1 is 0.958 bits per heavy atom. The van der Waals surface area contributed by atoms with E-state index in [0.717, 1.165) is 41.3 Å². The molecule has 4 aromatic heterocycles. The van der Waals surface area contributed by atoms with Gasteiger partial charge in [0, 0.05) is 48.2 Å². The Balaban J connectivity index is 0.814. The summed E-state index contributed by atoms with van der Waals surface area (Å²) in [5.74, 6) is -1.62. The third-order valence-electron chi connectivity index (χ3n) is 11.9. The monoisotopic (exact) mass is 980 g/mol. The van der Waals surface area contributed by atoms with Crippen LogP contribution >= 0.6 is 0 Å². The van der Waals surface area contributed by atoms with Gasteiger partial charge in [0.1, 0.15) is 43.5 Å². The van der Waals surface area contributed by atoms with Gasteiger partial charge in [-0.3, -0.25) is 14.6 Å². The topological polar surface area (TPSA) is 227 Å². The number of nitrogen functional groups attached to an aromatic ring is 1. The summed E-state index contributed by atoms with van der Waals surface area (Å²) in [7, 11) is 1.50. The van der Waals surface area contributed by atoms with E-state index < -0.39 is 42.3 Å². The molecule has 18 nitrogen and oxygen atoms in total. The van der Waals surface area contributed by atoms with Gasteiger partial charge in [-0.2, -0.15) is 9.97 Å². The van der Waals surface area contributed by atoms with Gasteiger partial charge in [0.15, 0.2) is 28.5 Å². The number of anilines is 4. The van der Waals surface area contributed by atoms with Crippen LogP contribution in [0.4, 0.5) is 36.8 Å². The number of aromatic nitrogens is 7. The van der Waals surface area contributed by atoms with Crippen LogP contribution < -0.4 is 26.4 Å². The van der Waals surface area contributed by atoms with Gasteiger partial charge >= 0.3 is 6.16 Å². The lowest BCUT2D eigenvalue weighted by Gasteiger charge is -2.20. The highest BCUT2D eigenvalue weighted by Gasteiger charge is 2.26. The average molecular weight is 981 g/mol. The number of rotatable bonds is 20. The van der Waals surface area contributed by atoms with E-state index in [2.05, 4.69) is 42.5 Å². The van der Waals surface area contributed by atoms with Crippen LogP contribution in [0.5, 0.6) is 5.75 Å². The highest BCUT2D eigenvalue weighted by atomic mass is 19.1. The highest BCUT2D eigenvalue weighted by molar-refractivity contribution is 6.05. The molecule has 0 saturated heterocycles. The van der Waals surface area contributed by atoms with Gasteiger partial charge in [0.25, 0.3) is 11.8 Å². The van der Waals surface area contributed by atoms with Gasteiger partial charge in [-0.1, -0.05) is 43.0 Å². The number of pyridine rings is 1. The molecule has 72 heavy (non-hydrogen) atoms. The van der Waals surface area contributed by atoms with Crippen LogP contribution in [0.25, 0.3) is 33.7 Å². The lowest BCUT2D eigenvalue weighted by molar-refractivity contribution is -0.126. The van der Waals surface area contributed by atoms with E-state index in [1.807, 2.05) is 60.9 Å². The number of ether oxygens (including phenoxy) is 3. The fourth-order valence-electron chi connectivity index (χ4n) is 7.71. The molecule has 1 aliphatic rings. The number of carbonyl (C=O) groups is 3. The summed E-state index contributed by atoms with van der Waals surface area (Å²) in [5.41, 5.74) is 11.8. The summed E-state index contributed by atoms with van der Waals surface area (Å²) in [5, 5.41) is 9.21. The van der Waals surface area contributed by atoms with Gasteiger partial charge < -0.3 is 45.4 Å². The first-order valence-corrected chi connectivity index (χ1v) is 23.3. The molecule has 7 aromatic rings. The quantitative estimate of drug-likeness (QED) is 0.0413. The number of nitrogens with two attached hydrogens (primary N) is 1. The van der Waals surface area contributed by atoms with Gasteiger partial charge in [-0.25, -0.2) is 28.5 Å². The number of hydrogen-bond donors (Lipinski definition) is 4. The molecule has 8 rings (SSSR count). The Kier molecular flexibility index (Phi) is 15.3. The molecule has 5 N–H and O–H groups in total. The zero-order valence-electron chi connectivity index (χ0n) is 40.4. The summed E-state index contributed by atoms with van der Waals surface area (Å²) in [6.45, 7) is 11.0. The van der Waals surface area contributed by atoms with Crippen molar-refractivity contribution in [3.05, 3.63) is 138 Å². The minimum absolute atomic E-state index is 0.00495. The summed E-state index contributed by atoms with van der Waals surface area (Å²) in [6, 6.07) is 20.3. The summed E-state index contributed by atoms with van der Waals surface area (Å²) in [6.07, 6.45) is 5.60. The predicted octanol–water partition coefficient (Wildman–Crippen LogP) is 8.88. The highest BCUT2D eigenvalue weighted by Crippen LogP contribution is 2.41. The van der Waals surface area contributed by atoms with Crippen molar-refractivity contribution in [2.45, 2.75) is 65.1 Å². The first kappa shape index (κ1) is 49.9. The maximum atomic E-state index is 15.1. The lowest BCUT2D eigenvalue weighted by atomic mass is 10.0. The van der Waals surface area contributed by atoms with Crippen LogP contribution in [-0.2, 0) is 20.8 Å². The molecule has 0 aliphatic heterocycles. The molecule has 1 fully saturated rings. The smallest absolute Gasteiger partial charge is 0.486 e. The van der Waals surface area contributed by atoms with Crippen molar-refractivity contribution in [2.24, 2.45) is 0 Å². The number of nitrogens with zero attached hydrogens (tertiary/aromatic N) is 8. The molecule has 2 amide bonds. The molecule has 0 spiro atoms. The van der Waals surface area contributed by atoms with Gasteiger partial charge in [-0.05, 0) is 99.5 Å². The number of hydrogen-bond acceptors (Lipinski definition) is 15. The number of fused-ring (bicyclic) bond motifs is 1. The molecule has 0 radical (unpaired) electrons. The third-order valence-corrected chi connectivity index (χ3v) is 11.9. The second-order valence-corrected chi connectivity index (χ2v) is 17.7. The fourth-order valence-corrected chi connectivity index (χ4v) is 7.71. The fraction of sp³-hybridized carbons (Fsp3) is 0.288. The second kappa shape index (κ2) is 22.0. The normalized spacial score (nSPS) is 12.6. The molecule has 3 aromatic carbocycles. The molecular weight excluding hydrogens is 927 g/mol. The zero-order valence-corrected chi connectivity index (χ0v) is 40.4. The van der Waals surface area contributed by atoms with Crippen LogP contribution in [0.3, 0.4) is 0 Å². The van der Waals surface area contributed by atoms with Crippen molar-refractivity contribution in [3.63, 3.8) is 0 Å².